The lowest BCUT2D eigenvalue weighted by atomic mass is 10.2. The molecule has 3 N–H and O–H groups in total. The number of nitrogens with two attached hydrogens (primary N) is 1. The molecule has 0 fully saturated rings. The average molecular weight is 449 g/mol. The van der Waals surface area contributed by atoms with E-state index in [-0.39, 0.29) is 24.8 Å². The Labute approximate surface area is 184 Å². The van der Waals surface area contributed by atoms with Crippen molar-refractivity contribution >= 4 is 30.9 Å². The standard InChI is InChI=1S/C12H18N2O3.C7H10N2O.2ClH/c1-12(2,3)17-11(15)14-8-9-16-10-6-4-5-7-13-10;8-4-6-10-7-3-1-2-5-9-7;;/h4-7H,8-9H2,1-3H3,(H,14,15);1-3,5H,4,6,8H2;2*1H. The fraction of sp³-hybridized carbons (Fsp3) is 0.421. The number of nitrogens with zero attached hydrogens (tertiary/aromatic N) is 2. The zero-order valence-electron chi connectivity index (χ0n) is 16.9. The first kappa shape index (κ1) is 28.9. The number of aromatic nitrogens is 2. The molecule has 0 saturated heterocycles. The number of carbonyl (C=O) groups is 1. The van der Waals surface area contributed by atoms with Crippen LogP contribution >= 0.6 is 24.8 Å². The molecule has 0 aliphatic carbocycles. The molecule has 0 aliphatic heterocycles. The van der Waals surface area contributed by atoms with Gasteiger partial charge in [0.25, 0.3) is 0 Å². The highest BCUT2D eigenvalue weighted by Gasteiger charge is 2.15. The molecule has 0 aliphatic rings. The van der Waals surface area contributed by atoms with Crippen molar-refractivity contribution in [2.45, 2.75) is 26.4 Å². The SMILES string of the molecule is CC(C)(C)OC(=O)NCCOc1ccccn1.Cl.Cl.NCCOc1ccccn1. The number of alkyl carbamates (subject to hydrolysis) is 1. The third-order valence-corrected chi connectivity index (χ3v) is 2.66. The van der Waals surface area contributed by atoms with Crippen LogP contribution in [0.5, 0.6) is 11.8 Å². The Kier molecular flexibility index (Phi) is 16.6. The molecule has 2 heterocycles. The molecule has 2 aromatic heterocycles. The highest BCUT2D eigenvalue weighted by atomic mass is 35.5. The number of rotatable bonds is 7. The zero-order chi connectivity index (χ0) is 20.0. The predicted molar refractivity (Wildman–Crippen MR) is 117 cm³/mol. The minimum Gasteiger partial charge on any atom is -0.476 e. The van der Waals surface area contributed by atoms with Gasteiger partial charge in [0.05, 0.1) is 6.54 Å². The largest absolute Gasteiger partial charge is 0.476 e. The molecule has 2 aromatic rings. The van der Waals surface area contributed by atoms with Crippen LogP contribution in [0.2, 0.25) is 0 Å². The lowest BCUT2D eigenvalue weighted by Crippen LogP contribution is -2.34. The van der Waals surface area contributed by atoms with Crippen LogP contribution in [0.15, 0.2) is 48.8 Å². The molecule has 10 heteroatoms. The summed E-state index contributed by atoms with van der Waals surface area (Å²) in [6.07, 6.45) is 2.89. The molecule has 164 valence electrons. The van der Waals surface area contributed by atoms with E-state index in [9.17, 15) is 4.79 Å². The second-order valence-corrected chi connectivity index (χ2v) is 6.25. The second-order valence-electron chi connectivity index (χ2n) is 6.25. The zero-order valence-corrected chi connectivity index (χ0v) is 18.5. The Morgan fingerprint density at radius 3 is 1.90 bits per heavy atom. The summed E-state index contributed by atoms with van der Waals surface area (Å²) in [5.41, 5.74) is 4.74. The van der Waals surface area contributed by atoms with Crippen molar-refractivity contribution in [1.29, 1.82) is 0 Å². The van der Waals surface area contributed by atoms with Crippen molar-refractivity contribution in [3.63, 3.8) is 0 Å². The number of halogens is 2. The topological polar surface area (TPSA) is 109 Å². The molecular formula is C19H30Cl2N4O4. The fourth-order valence-electron chi connectivity index (χ4n) is 1.65. The van der Waals surface area contributed by atoms with Gasteiger partial charge in [0.15, 0.2) is 0 Å². The normalized spacial score (nSPS) is 9.52. The monoisotopic (exact) mass is 448 g/mol. The molecule has 0 aromatic carbocycles. The molecule has 0 spiro atoms. The average Bonchev–Trinajstić information content (AvgIpc) is 2.64. The summed E-state index contributed by atoms with van der Waals surface area (Å²) in [6, 6.07) is 10.9. The van der Waals surface area contributed by atoms with Crippen molar-refractivity contribution in [2.75, 3.05) is 26.3 Å². The predicted octanol–water partition coefficient (Wildman–Crippen LogP) is 3.25. The van der Waals surface area contributed by atoms with E-state index >= 15 is 0 Å². The van der Waals surface area contributed by atoms with Gasteiger partial charge in [0.1, 0.15) is 18.8 Å². The summed E-state index contributed by atoms with van der Waals surface area (Å²) >= 11 is 0. The Balaban J connectivity index is 0. The Bertz CT molecular complexity index is 644. The van der Waals surface area contributed by atoms with E-state index in [4.69, 9.17) is 19.9 Å². The molecule has 2 rings (SSSR count). The van der Waals surface area contributed by atoms with Gasteiger partial charge >= 0.3 is 6.09 Å². The van der Waals surface area contributed by atoms with Crippen LogP contribution in [0, 0.1) is 0 Å². The first-order chi connectivity index (χ1) is 12.9. The van der Waals surface area contributed by atoms with Crippen LogP contribution in [0.3, 0.4) is 0 Å². The van der Waals surface area contributed by atoms with Crippen molar-refractivity contribution in [3.05, 3.63) is 48.8 Å². The van der Waals surface area contributed by atoms with Crippen LogP contribution in [-0.2, 0) is 4.74 Å². The van der Waals surface area contributed by atoms with E-state index in [0.717, 1.165) is 0 Å². The van der Waals surface area contributed by atoms with E-state index in [2.05, 4.69) is 15.3 Å². The summed E-state index contributed by atoms with van der Waals surface area (Å²) in [5, 5.41) is 2.60. The number of pyridine rings is 2. The quantitative estimate of drug-likeness (QED) is 0.625. The molecule has 0 saturated carbocycles. The second kappa shape index (κ2) is 16.6. The van der Waals surface area contributed by atoms with Gasteiger partial charge in [-0.1, -0.05) is 12.1 Å². The highest BCUT2D eigenvalue weighted by molar-refractivity contribution is 5.85. The number of ether oxygens (including phenoxy) is 3. The fourth-order valence-corrected chi connectivity index (χ4v) is 1.65. The summed E-state index contributed by atoms with van der Waals surface area (Å²) in [7, 11) is 0. The summed E-state index contributed by atoms with van der Waals surface area (Å²) in [4.78, 5) is 19.2. The first-order valence-electron chi connectivity index (χ1n) is 8.65. The molecule has 0 radical (unpaired) electrons. The van der Waals surface area contributed by atoms with Gasteiger partial charge in [-0.2, -0.15) is 0 Å². The molecule has 1 amide bonds. The van der Waals surface area contributed by atoms with Crippen LogP contribution in [0.25, 0.3) is 0 Å². The van der Waals surface area contributed by atoms with E-state index in [1.54, 1.807) is 24.5 Å². The van der Waals surface area contributed by atoms with Gasteiger partial charge < -0.3 is 25.3 Å². The maximum Gasteiger partial charge on any atom is 0.407 e. The van der Waals surface area contributed by atoms with E-state index in [0.29, 0.717) is 38.1 Å². The molecular weight excluding hydrogens is 419 g/mol. The smallest absolute Gasteiger partial charge is 0.407 e. The van der Waals surface area contributed by atoms with Gasteiger partial charge in [-0.05, 0) is 32.9 Å². The van der Waals surface area contributed by atoms with Crippen molar-refractivity contribution in [2.24, 2.45) is 5.73 Å². The summed E-state index contributed by atoms with van der Waals surface area (Å²) < 4.78 is 15.5. The maximum absolute atomic E-state index is 11.3. The number of hydrogen-bond acceptors (Lipinski definition) is 7. The molecule has 0 atom stereocenters. The van der Waals surface area contributed by atoms with Crippen molar-refractivity contribution in [1.82, 2.24) is 15.3 Å². The number of amides is 1. The summed E-state index contributed by atoms with van der Waals surface area (Å²) in [6.45, 7) is 7.24. The van der Waals surface area contributed by atoms with E-state index in [1.165, 1.54) is 0 Å². The van der Waals surface area contributed by atoms with Crippen molar-refractivity contribution < 1.29 is 19.0 Å². The third kappa shape index (κ3) is 16.4. The van der Waals surface area contributed by atoms with E-state index in [1.807, 2.05) is 45.0 Å². The minimum atomic E-state index is -0.480. The van der Waals surface area contributed by atoms with Gasteiger partial charge in [0.2, 0.25) is 11.8 Å². The van der Waals surface area contributed by atoms with Crippen LogP contribution in [0.1, 0.15) is 20.8 Å². The maximum atomic E-state index is 11.3. The minimum absolute atomic E-state index is 0. The first-order valence-corrected chi connectivity index (χ1v) is 8.65. The van der Waals surface area contributed by atoms with Crippen LogP contribution < -0.4 is 20.5 Å². The highest BCUT2D eigenvalue weighted by Crippen LogP contribution is 2.06. The molecule has 0 bridgehead atoms. The van der Waals surface area contributed by atoms with Crippen LogP contribution in [-0.4, -0.2) is 48.0 Å². The van der Waals surface area contributed by atoms with Crippen LogP contribution in [0.4, 0.5) is 4.79 Å². The Morgan fingerprint density at radius 1 is 0.966 bits per heavy atom. The van der Waals surface area contributed by atoms with Crippen molar-refractivity contribution in [3.8, 4) is 11.8 Å². The third-order valence-electron chi connectivity index (χ3n) is 2.66. The number of hydrogen-bond donors (Lipinski definition) is 2. The molecule has 0 unspecified atom stereocenters. The number of nitrogens with one attached hydrogen (secondary N) is 1. The molecule has 29 heavy (non-hydrogen) atoms. The Morgan fingerprint density at radius 2 is 1.48 bits per heavy atom. The van der Waals surface area contributed by atoms with E-state index < -0.39 is 11.7 Å². The van der Waals surface area contributed by atoms with Gasteiger partial charge in [-0.3, -0.25) is 0 Å². The number of carbonyl (C=O) groups excluding carboxylic acids is 1. The van der Waals surface area contributed by atoms with Gasteiger partial charge in [-0.15, -0.1) is 24.8 Å². The lowest BCUT2D eigenvalue weighted by Gasteiger charge is -2.19. The van der Waals surface area contributed by atoms with Gasteiger partial charge in [0, 0.05) is 31.1 Å². The summed E-state index contributed by atoms with van der Waals surface area (Å²) in [5.74, 6) is 1.17. The Hall–Kier alpha value is -2.29. The van der Waals surface area contributed by atoms with Gasteiger partial charge in [-0.25, -0.2) is 14.8 Å². The molecule has 8 nitrogen and oxygen atoms in total. The lowest BCUT2D eigenvalue weighted by molar-refractivity contribution is 0.0520.